The van der Waals surface area contributed by atoms with Crippen LogP contribution in [0.5, 0.6) is 5.75 Å². The second-order valence-electron chi connectivity index (χ2n) is 4.72. The van der Waals surface area contributed by atoms with Gasteiger partial charge in [-0.05, 0) is 24.1 Å². The van der Waals surface area contributed by atoms with E-state index in [0.717, 1.165) is 13.1 Å². The molecule has 0 spiro atoms. The molecule has 0 radical (unpaired) electrons. The summed E-state index contributed by atoms with van der Waals surface area (Å²) in [6, 6.07) is 6.84. The van der Waals surface area contributed by atoms with E-state index in [1.165, 1.54) is 7.11 Å². The first-order chi connectivity index (χ1) is 9.04. The van der Waals surface area contributed by atoms with Crippen molar-refractivity contribution in [3.05, 3.63) is 29.3 Å². The largest absolute Gasteiger partial charge is 0.496 e. The van der Waals surface area contributed by atoms with E-state index in [-0.39, 0.29) is 17.4 Å². The number of nitrogens with zero attached hydrogens (tertiary/aromatic N) is 1. The number of nitriles is 1. The van der Waals surface area contributed by atoms with Gasteiger partial charge in [-0.1, -0.05) is 0 Å². The molecule has 2 rings (SSSR count). The summed E-state index contributed by atoms with van der Waals surface area (Å²) in [6.45, 7) is 1.52. The Morgan fingerprint density at radius 1 is 1.47 bits per heavy atom. The highest BCUT2D eigenvalue weighted by molar-refractivity contribution is 7.90. The zero-order valence-electron chi connectivity index (χ0n) is 10.7. The minimum atomic E-state index is -3.18. The van der Waals surface area contributed by atoms with Gasteiger partial charge in [0.1, 0.15) is 5.75 Å². The summed E-state index contributed by atoms with van der Waals surface area (Å²) < 4.78 is 29.4. The van der Waals surface area contributed by atoms with Crippen LogP contribution in [0.3, 0.4) is 0 Å². The molecule has 1 aliphatic heterocycles. The van der Waals surface area contributed by atoms with E-state index in [9.17, 15) is 8.42 Å². The summed E-state index contributed by atoms with van der Waals surface area (Å²) >= 11 is 0. The quantitative estimate of drug-likeness (QED) is 0.859. The Kier molecular flexibility index (Phi) is 4.08. The summed E-state index contributed by atoms with van der Waals surface area (Å²) in [6.07, 6.45) is 0. The van der Waals surface area contributed by atoms with Crippen LogP contribution in [0, 0.1) is 17.2 Å². The van der Waals surface area contributed by atoms with Crippen LogP contribution in [0.15, 0.2) is 18.2 Å². The molecule has 0 atom stereocenters. The van der Waals surface area contributed by atoms with Gasteiger partial charge in [-0.2, -0.15) is 5.26 Å². The summed E-state index contributed by atoms with van der Waals surface area (Å²) in [5.74, 6) is 0.812. The van der Waals surface area contributed by atoms with Gasteiger partial charge in [-0.15, -0.1) is 0 Å². The Hall–Kier alpha value is -1.58. The molecule has 1 saturated heterocycles. The van der Waals surface area contributed by atoms with Crippen LogP contribution in [0.4, 0.5) is 0 Å². The molecule has 1 heterocycles. The lowest BCUT2D eigenvalue weighted by molar-refractivity contribution is 0.378. The Balaban J connectivity index is 2.19. The van der Waals surface area contributed by atoms with E-state index in [1.807, 2.05) is 6.07 Å². The van der Waals surface area contributed by atoms with Gasteiger partial charge in [-0.3, -0.25) is 0 Å². The van der Waals surface area contributed by atoms with Crippen molar-refractivity contribution in [1.29, 1.82) is 5.26 Å². The zero-order chi connectivity index (χ0) is 13.9. The van der Waals surface area contributed by atoms with Crippen molar-refractivity contribution in [2.75, 3.05) is 26.0 Å². The minimum Gasteiger partial charge on any atom is -0.496 e. The van der Waals surface area contributed by atoms with Crippen molar-refractivity contribution in [3.63, 3.8) is 0 Å². The third kappa shape index (κ3) is 3.46. The Labute approximate surface area is 113 Å². The number of nitrogens with one attached hydrogen (secondary N) is 1. The summed E-state index contributed by atoms with van der Waals surface area (Å²) in [4.78, 5) is 0. The van der Waals surface area contributed by atoms with Crippen LogP contribution in [-0.4, -0.2) is 34.4 Å². The number of methoxy groups -OCH3 is 1. The normalized spacial score (nSPS) is 15.6. The van der Waals surface area contributed by atoms with Gasteiger partial charge >= 0.3 is 0 Å². The zero-order valence-corrected chi connectivity index (χ0v) is 11.5. The number of hydrogen-bond donors (Lipinski definition) is 1. The molecule has 5 nitrogen and oxygen atoms in total. The molecule has 0 aliphatic carbocycles. The second kappa shape index (κ2) is 5.59. The smallest absolute Gasteiger partial charge is 0.154 e. The van der Waals surface area contributed by atoms with Gasteiger partial charge in [0, 0.05) is 18.7 Å². The first-order valence-corrected chi connectivity index (χ1v) is 7.84. The van der Waals surface area contributed by atoms with E-state index >= 15 is 0 Å². The maximum atomic E-state index is 12.1. The number of hydrogen-bond acceptors (Lipinski definition) is 5. The van der Waals surface area contributed by atoms with Crippen LogP contribution >= 0.6 is 0 Å². The van der Waals surface area contributed by atoms with Gasteiger partial charge in [0.05, 0.1) is 30.2 Å². The van der Waals surface area contributed by atoms with Crippen molar-refractivity contribution >= 4 is 9.84 Å². The van der Waals surface area contributed by atoms with Gasteiger partial charge in [0.25, 0.3) is 0 Å². The summed E-state index contributed by atoms with van der Waals surface area (Å²) in [5, 5.41) is 11.9. The van der Waals surface area contributed by atoms with Crippen LogP contribution in [-0.2, 0) is 15.6 Å². The molecule has 1 fully saturated rings. The molecule has 1 aromatic carbocycles. The number of ether oxygens (including phenoxy) is 1. The highest BCUT2D eigenvalue weighted by Gasteiger charge is 2.25. The van der Waals surface area contributed by atoms with Crippen molar-refractivity contribution in [2.24, 2.45) is 5.92 Å². The lowest BCUT2D eigenvalue weighted by atomic mass is 10.1. The van der Waals surface area contributed by atoms with Crippen molar-refractivity contribution in [1.82, 2.24) is 5.32 Å². The van der Waals surface area contributed by atoms with E-state index in [2.05, 4.69) is 5.32 Å². The number of rotatable bonds is 5. The molecular formula is C13H16N2O3S. The fourth-order valence-corrected chi connectivity index (χ4v) is 3.85. The SMILES string of the molecule is COc1ccc(C#N)cc1CS(=O)(=O)CC1CNC1. The molecule has 0 saturated carbocycles. The fraction of sp³-hybridized carbons (Fsp3) is 0.462. The third-order valence-electron chi connectivity index (χ3n) is 3.14. The van der Waals surface area contributed by atoms with Crippen LogP contribution in [0.1, 0.15) is 11.1 Å². The molecular weight excluding hydrogens is 264 g/mol. The Morgan fingerprint density at radius 2 is 2.21 bits per heavy atom. The molecule has 0 bridgehead atoms. The third-order valence-corrected chi connectivity index (χ3v) is 4.87. The molecule has 1 N–H and O–H groups in total. The van der Waals surface area contributed by atoms with E-state index in [4.69, 9.17) is 10.00 Å². The van der Waals surface area contributed by atoms with E-state index in [0.29, 0.717) is 16.9 Å². The predicted molar refractivity (Wildman–Crippen MR) is 71.6 cm³/mol. The Morgan fingerprint density at radius 3 is 2.74 bits per heavy atom. The number of benzene rings is 1. The van der Waals surface area contributed by atoms with Gasteiger partial charge in [0.2, 0.25) is 0 Å². The highest BCUT2D eigenvalue weighted by Crippen LogP contribution is 2.23. The lowest BCUT2D eigenvalue weighted by Gasteiger charge is -2.26. The molecule has 0 aromatic heterocycles. The lowest BCUT2D eigenvalue weighted by Crippen LogP contribution is -2.45. The van der Waals surface area contributed by atoms with E-state index < -0.39 is 9.84 Å². The molecule has 1 aliphatic rings. The molecule has 19 heavy (non-hydrogen) atoms. The van der Waals surface area contributed by atoms with Crippen LogP contribution < -0.4 is 10.1 Å². The Bertz CT molecular complexity index is 601. The standard InChI is InChI=1S/C13H16N2O3S/c1-18-13-3-2-10(5-14)4-12(13)9-19(16,17)8-11-6-15-7-11/h2-4,11,15H,6-9H2,1H3. The fourth-order valence-electron chi connectivity index (χ4n) is 2.08. The first-order valence-electron chi connectivity index (χ1n) is 6.02. The predicted octanol–water partition coefficient (Wildman–Crippen LogP) is 0.701. The maximum absolute atomic E-state index is 12.1. The second-order valence-corrected chi connectivity index (χ2v) is 6.83. The van der Waals surface area contributed by atoms with Crippen molar-refractivity contribution in [2.45, 2.75) is 5.75 Å². The minimum absolute atomic E-state index is 0.0812. The number of sulfone groups is 1. The van der Waals surface area contributed by atoms with Crippen LogP contribution in [0.25, 0.3) is 0 Å². The maximum Gasteiger partial charge on any atom is 0.154 e. The van der Waals surface area contributed by atoms with Gasteiger partial charge in [-0.25, -0.2) is 8.42 Å². The highest BCUT2D eigenvalue weighted by atomic mass is 32.2. The van der Waals surface area contributed by atoms with Gasteiger partial charge in [0.15, 0.2) is 9.84 Å². The van der Waals surface area contributed by atoms with Crippen molar-refractivity contribution < 1.29 is 13.2 Å². The van der Waals surface area contributed by atoms with Gasteiger partial charge < -0.3 is 10.1 Å². The van der Waals surface area contributed by atoms with Crippen LogP contribution in [0.2, 0.25) is 0 Å². The summed E-state index contributed by atoms with van der Waals surface area (Å²) in [7, 11) is -1.69. The van der Waals surface area contributed by atoms with Crippen molar-refractivity contribution in [3.8, 4) is 11.8 Å². The monoisotopic (exact) mass is 280 g/mol. The average Bonchev–Trinajstić information content (AvgIpc) is 2.33. The molecule has 102 valence electrons. The molecule has 6 heteroatoms. The topological polar surface area (TPSA) is 79.2 Å². The molecule has 0 amide bonds. The molecule has 0 unspecified atom stereocenters. The average molecular weight is 280 g/mol. The first kappa shape index (κ1) is 13.8. The van der Waals surface area contributed by atoms with E-state index in [1.54, 1.807) is 18.2 Å². The summed E-state index contributed by atoms with van der Waals surface area (Å²) in [5.41, 5.74) is 0.991. The molecule has 1 aromatic rings.